The minimum Gasteiger partial charge on any atom is -0.388 e. The molecule has 1 saturated carbocycles. The van der Waals surface area contributed by atoms with E-state index < -0.39 is 27.0 Å². The molecule has 0 spiro atoms. The van der Waals surface area contributed by atoms with Crippen molar-refractivity contribution in [3.8, 4) is 0 Å². The number of aromatic nitrogens is 2. The van der Waals surface area contributed by atoms with Crippen LogP contribution in [0, 0.1) is 11.0 Å². The van der Waals surface area contributed by atoms with Gasteiger partial charge in [-0.1, -0.05) is 37.3 Å². The quantitative estimate of drug-likeness (QED) is 0.511. The van der Waals surface area contributed by atoms with Crippen molar-refractivity contribution in [2.75, 3.05) is 5.32 Å². The Morgan fingerprint density at radius 1 is 1.31 bits per heavy atom. The molecule has 4 rings (SSSR count). The fourth-order valence-corrected chi connectivity index (χ4v) is 5.62. The molecule has 1 aliphatic rings. The van der Waals surface area contributed by atoms with E-state index in [1.807, 2.05) is 13.8 Å². The van der Waals surface area contributed by atoms with Crippen LogP contribution in [-0.4, -0.2) is 34.2 Å². The normalized spacial score (nSPS) is 15.2. The zero-order valence-corrected chi connectivity index (χ0v) is 19.3. The first kappa shape index (κ1) is 22.6. The molecule has 0 radical (unpaired) electrons. The SMILES string of the molecule is CC(C)C(O)c1cc(C(=O)Nc2ncc(F)s2)n(Cc2ccc(S(=O)(=O)C3CC3)cc2)c1. The molecule has 32 heavy (non-hydrogen) atoms. The van der Waals surface area contributed by atoms with Crippen LogP contribution in [0.4, 0.5) is 9.52 Å². The smallest absolute Gasteiger partial charge is 0.274 e. The van der Waals surface area contributed by atoms with Gasteiger partial charge in [-0.15, -0.1) is 0 Å². The van der Waals surface area contributed by atoms with Gasteiger partial charge in [-0.2, -0.15) is 4.39 Å². The number of carbonyl (C=O) groups excluding carboxylic acids is 1. The van der Waals surface area contributed by atoms with Gasteiger partial charge in [0.25, 0.3) is 5.91 Å². The number of amides is 1. The summed E-state index contributed by atoms with van der Waals surface area (Å²) in [6.45, 7) is 4.04. The van der Waals surface area contributed by atoms with Gasteiger partial charge in [0.15, 0.2) is 20.1 Å². The third-order valence-corrected chi connectivity index (χ3v) is 8.37. The van der Waals surface area contributed by atoms with Gasteiger partial charge in [0.1, 0.15) is 5.69 Å². The Kier molecular flexibility index (Phi) is 6.19. The number of rotatable bonds is 8. The van der Waals surface area contributed by atoms with Crippen LogP contribution in [0.15, 0.2) is 47.6 Å². The van der Waals surface area contributed by atoms with E-state index in [0.717, 1.165) is 23.1 Å². The van der Waals surface area contributed by atoms with Crippen LogP contribution >= 0.6 is 11.3 Å². The molecule has 0 aliphatic heterocycles. The summed E-state index contributed by atoms with van der Waals surface area (Å²) in [7, 11) is -3.27. The number of thiazole rings is 1. The second-order valence-corrected chi connectivity index (χ2v) is 11.5. The minimum atomic E-state index is -3.27. The molecule has 1 aromatic carbocycles. The molecule has 2 heterocycles. The predicted octanol–water partition coefficient (Wildman–Crippen LogP) is 4.01. The molecule has 1 amide bonds. The first-order chi connectivity index (χ1) is 15.1. The lowest BCUT2D eigenvalue weighted by Crippen LogP contribution is -2.17. The van der Waals surface area contributed by atoms with Gasteiger partial charge in [0, 0.05) is 12.7 Å². The standard InChI is InChI=1S/C22H24FN3O4S2/c1-13(2)20(27)15-9-18(21(28)25-22-24-10-19(23)31-22)26(12-15)11-14-3-5-16(6-4-14)32(29,30)17-7-8-17/h3-6,9-10,12-13,17,20,27H,7-8,11H2,1-2H3,(H,24,25,28). The van der Waals surface area contributed by atoms with Gasteiger partial charge in [-0.05, 0) is 48.1 Å². The van der Waals surface area contributed by atoms with Gasteiger partial charge in [0.2, 0.25) is 0 Å². The second kappa shape index (κ2) is 8.76. The van der Waals surface area contributed by atoms with Gasteiger partial charge >= 0.3 is 0 Å². The number of hydrogen-bond acceptors (Lipinski definition) is 6. The van der Waals surface area contributed by atoms with E-state index in [2.05, 4.69) is 10.3 Å². The molecule has 10 heteroatoms. The van der Waals surface area contributed by atoms with E-state index in [4.69, 9.17) is 0 Å². The summed E-state index contributed by atoms with van der Waals surface area (Å²) >= 11 is 0.725. The lowest BCUT2D eigenvalue weighted by atomic mass is 10.0. The van der Waals surface area contributed by atoms with Gasteiger partial charge in [-0.25, -0.2) is 13.4 Å². The summed E-state index contributed by atoms with van der Waals surface area (Å²) in [5.41, 5.74) is 1.67. The topological polar surface area (TPSA) is 101 Å². The van der Waals surface area contributed by atoms with Gasteiger partial charge in [-0.3, -0.25) is 10.1 Å². The highest BCUT2D eigenvalue weighted by Crippen LogP contribution is 2.33. The van der Waals surface area contributed by atoms with Crippen LogP contribution in [0.3, 0.4) is 0 Å². The zero-order chi connectivity index (χ0) is 23.0. The maximum Gasteiger partial charge on any atom is 0.274 e. The molecule has 2 aromatic heterocycles. The highest BCUT2D eigenvalue weighted by Gasteiger charge is 2.36. The molecule has 170 valence electrons. The van der Waals surface area contributed by atoms with Gasteiger partial charge in [0.05, 0.1) is 22.4 Å². The number of aliphatic hydroxyl groups excluding tert-OH is 1. The van der Waals surface area contributed by atoms with E-state index in [0.29, 0.717) is 29.8 Å². The number of carbonyl (C=O) groups is 1. The summed E-state index contributed by atoms with van der Waals surface area (Å²) < 4.78 is 39.7. The molecule has 7 nitrogen and oxygen atoms in total. The number of nitrogens with one attached hydrogen (secondary N) is 1. The van der Waals surface area contributed by atoms with Crippen LogP contribution in [0.5, 0.6) is 0 Å². The van der Waals surface area contributed by atoms with Crippen molar-refractivity contribution in [3.05, 3.63) is 64.7 Å². The van der Waals surface area contributed by atoms with Crippen molar-refractivity contribution >= 4 is 32.2 Å². The van der Waals surface area contributed by atoms with Crippen LogP contribution in [0.2, 0.25) is 0 Å². The van der Waals surface area contributed by atoms with Crippen molar-refractivity contribution in [1.82, 2.24) is 9.55 Å². The van der Waals surface area contributed by atoms with Crippen molar-refractivity contribution in [2.24, 2.45) is 5.92 Å². The summed E-state index contributed by atoms with van der Waals surface area (Å²) in [4.78, 5) is 17.0. The second-order valence-electron chi connectivity index (χ2n) is 8.29. The number of benzene rings is 1. The van der Waals surface area contributed by atoms with Crippen LogP contribution in [0.25, 0.3) is 0 Å². The molecule has 1 fully saturated rings. The van der Waals surface area contributed by atoms with Crippen molar-refractivity contribution < 1.29 is 22.7 Å². The molecular formula is C22H24FN3O4S2. The summed E-state index contributed by atoms with van der Waals surface area (Å²) in [6, 6.07) is 8.25. The van der Waals surface area contributed by atoms with Gasteiger partial charge < -0.3 is 9.67 Å². The molecule has 1 aliphatic carbocycles. The highest BCUT2D eigenvalue weighted by atomic mass is 32.2. The molecule has 3 aromatic rings. The lowest BCUT2D eigenvalue weighted by molar-refractivity contribution is 0.101. The number of anilines is 1. The number of nitrogens with zero attached hydrogens (tertiary/aromatic N) is 2. The molecule has 2 N–H and O–H groups in total. The minimum absolute atomic E-state index is 0.0540. The third kappa shape index (κ3) is 4.77. The van der Waals surface area contributed by atoms with Crippen molar-refractivity contribution in [2.45, 2.75) is 49.5 Å². The average molecular weight is 478 g/mol. The Balaban J connectivity index is 1.60. The van der Waals surface area contributed by atoms with E-state index in [1.165, 1.54) is 0 Å². The predicted molar refractivity (Wildman–Crippen MR) is 120 cm³/mol. The average Bonchev–Trinajstić information content (AvgIpc) is 3.42. The summed E-state index contributed by atoms with van der Waals surface area (Å²) in [5, 5.41) is 12.4. The first-order valence-electron chi connectivity index (χ1n) is 10.3. The van der Waals surface area contributed by atoms with Crippen molar-refractivity contribution in [3.63, 3.8) is 0 Å². The number of halogens is 1. The lowest BCUT2D eigenvalue weighted by Gasteiger charge is -2.12. The van der Waals surface area contributed by atoms with Crippen LogP contribution in [0.1, 0.15) is 54.4 Å². The Bertz CT molecular complexity index is 1230. The van der Waals surface area contributed by atoms with Crippen LogP contribution < -0.4 is 5.32 Å². The summed E-state index contributed by atoms with van der Waals surface area (Å²) in [5.74, 6) is -0.531. The maximum absolute atomic E-state index is 13.2. The monoisotopic (exact) mass is 477 g/mol. The summed E-state index contributed by atoms with van der Waals surface area (Å²) in [6.07, 6.45) is 3.39. The zero-order valence-electron chi connectivity index (χ0n) is 17.7. The fraction of sp³-hybridized carbons (Fsp3) is 0.364. The maximum atomic E-state index is 13.2. The first-order valence-corrected chi connectivity index (χ1v) is 12.6. The van der Waals surface area contributed by atoms with E-state index in [-0.39, 0.29) is 22.0 Å². The Labute approximate surface area is 189 Å². The van der Waals surface area contributed by atoms with E-state index in [1.54, 1.807) is 41.1 Å². The Morgan fingerprint density at radius 3 is 2.56 bits per heavy atom. The van der Waals surface area contributed by atoms with Crippen molar-refractivity contribution in [1.29, 1.82) is 0 Å². The fourth-order valence-electron chi connectivity index (χ4n) is 3.43. The largest absolute Gasteiger partial charge is 0.388 e. The molecular weight excluding hydrogens is 453 g/mol. The number of sulfone groups is 1. The van der Waals surface area contributed by atoms with E-state index >= 15 is 0 Å². The molecule has 0 saturated heterocycles. The highest BCUT2D eigenvalue weighted by molar-refractivity contribution is 7.92. The third-order valence-electron chi connectivity index (χ3n) is 5.39. The molecule has 1 atom stereocenters. The number of aliphatic hydroxyl groups is 1. The van der Waals surface area contributed by atoms with Crippen LogP contribution in [-0.2, 0) is 16.4 Å². The Hall–Kier alpha value is -2.56. The molecule has 0 bridgehead atoms. The Morgan fingerprint density at radius 2 is 2.00 bits per heavy atom. The van der Waals surface area contributed by atoms with E-state index in [9.17, 15) is 22.7 Å². The number of hydrogen-bond donors (Lipinski definition) is 2. The molecule has 1 unspecified atom stereocenters.